The van der Waals surface area contributed by atoms with Gasteiger partial charge < -0.3 is 4.74 Å². The first kappa shape index (κ1) is 23.5. The van der Waals surface area contributed by atoms with E-state index >= 15 is 0 Å². The van der Waals surface area contributed by atoms with Gasteiger partial charge in [0, 0.05) is 17.8 Å². The van der Waals surface area contributed by atoms with Crippen molar-refractivity contribution in [1.82, 2.24) is 4.98 Å². The van der Waals surface area contributed by atoms with Crippen LogP contribution in [0.25, 0.3) is 0 Å². The fraction of sp³-hybridized carbons (Fsp3) is 0.667. The summed E-state index contributed by atoms with van der Waals surface area (Å²) < 4.78 is 82.5. The molecule has 2 fully saturated rings. The molecule has 172 valence electrons. The highest BCUT2D eigenvalue weighted by Crippen LogP contribution is 2.44. The fourth-order valence-electron chi connectivity index (χ4n) is 4.69. The number of carbonyl (C=O) groups is 2. The third-order valence-corrected chi connectivity index (χ3v) is 5.85. The number of hydrogen-bond donors (Lipinski definition) is 0. The summed E-state index contributed by atoms with van der Waals surface area (Å²) in [6.45, 7) is 0. The number of carbonyl (C=O) groups excluding carboxylic acids is 2. The lowest BCUT2D eigenvalue weighted by Crippen LogP contribution is -2.48. The third-order valence-electron chi connectivity index (χ3n) is 5.85. The molecule has 31 heavy (non-hydrogen) atoms. The minimum atomic E-state index is -4.61. The molecule has 3 rings (SSSR count). The topological polar surface area (TPSA) is 56.3 Å². The van der Waals surface area contributed by atoms with Crippen molar-refractivity contribution in [2.45, 2.75) is 82.2 Å². The second kappa shape index (κ2) is 8.78. The van der Waals surface area contributed by atoms with E-state index in [0.717, 1.165) is 37.8 Å². The zero-order valence-electron chi connectivity index (χ0n) is 16.7. The maximum atomic E-state index is 12.8. The van der Waals surface area contributed by atoms with Crippen molar-refractivity contribution >= 4 is 11.8 Å². The predicted octanol–water partition coefficient (Wildman–Crippen LogP) is 5.06. The van der Waals surface area contributed by atoms with Crippen molar-refractivity contribution in [2.24, 2.45) is 5.92 Å². The lowest BCUT2D eigenvalue weighted by molar-refractivity contribution is -0.178. The van der Waals surface area contributed by atoms with Crippen LogP contribution < -0.4 is 0 Å². The van der Waals surface area contributed by atoms with Gasteiger partial charge in [-0.05, 0) is 49.3 Å². The molecule has 1 aliphatic carbocycles. The smallest absolute Gasteiger partial charge is 0.394 e. The average Bonchev–Trinajstić information content (AvgIpc) is 3.11. The van der Waals surface area contributed by atoms with Gasteiger partial charge in [0.2, 0.25) is 0 Å². The lowest BCUT2D eigenvalue weighted by Gasteiger charge is -2.41. The van der Waals surface area contributed by atoms with Gasteiger partial charge in [-0.15, -0.1) is 0 Å². The molecular weight excluding hydrogens is 428 g/mol. The van der Waals surface area contributed by atoms with Gasteiger partial charge in [0.1, 0.15) is 17.8 Å². The van der Waals surface area contributed by atoms with Crippen LogP contribution in [0, 0.1) is 5.92 Å². The number of cyclic esters (lactones) is 1. The first-order valence-electron chi connectivity index (χ1n) is 10.2. The summed E-state index contributed by atoms with van der Waals surface area (Å²) in [5.74, 6) is -0.936. The molecule has 0 N–H and O–H groups in total. The molecule has 1 atom stereocenters. The van der Waals surface area contributed by atoms with Gasteiger partial charge in [0.15, 0.2) is 0 Å². The lowest BCUT2D eigenvalue weighted by atomic mass is 9.76. The first-order chi connectivity index (χ1) is 14.3. The monoisotopic (exact) mass is 451 g/mol. The molecular formula is C21H23F6NO3. The van der Waals surface area contributed by atoms with Gasteiger partial charge in [0.05, 0.1) is 12.8 Å². The number of alkyl halides is 6. The molecule has 0 bridgehead atoms. The van der Waals surface area contributed by atoms with Crippen LogP contribution in [0.5, 0.6) is 0 Å². The van der Waals surface area contributed by atoms with Crippen LogP contribution in [-0.2, 0) is 33.6 Å². The zero-order chi connectivity index (χ0) is 22.9. The summed E-state index contributed by atoms with van der Waals surface area (Å²) in [5, 5.41) is 0. The summed E-state index contributed by atoms with van der Waals surface area (Å²) in [7, 11) is 0. The standard InChI is InChI=1S/C21H23F6NO3/c22-20(23,24)10-15-7-13(8-16(28-15)11-21(25,26)27)5-6-19(14-3-1-2-4-14)12-17(29)9-18(30)31-19/h7-8,14H,1-6,9-12H2. The molecule has 0 radical (unpaired) electrons. The van der Waals surface area contributed by atoms with Crippen LogP contribution in [0.3, 0.4) is 0 Å². The Labute approximate surface area is 175 Å². The molecule has 0 amide bonds. The normalized spacial score (nSPS) is 23.3. The van der Waals surface area contributed by atoms with Gasteiger partial charge in [-0.2, -0.15) is 26.3 Å². The van der Waals surface area contributed by atoms with E-state index in [9.17, 15) is 35.9 Å². The Bertz CT molecular complexity index is 777. The van der Waals surface area contributed by atoms with Crippen LogP contribution in [0.1, 0.15) is 61.9 Å². The molecule has 0 spiro atoms. The van der Waals surface area contributed by atoms with Gasteiger partial charge in [-0.1, -0.05) is 12.8 Å². The van der Waals surface area contributed by atoms with Crippen LogP contribution in [0.4, 0.5) is 26.3 Å². The predicted molar refractivity (Wildman–Crippen MR) is 97.1 cm³/mol. The van der Waals surface area contributed by atoms with Crippen molar-refractivity contribution in [2.75, 3.05) is 0 Å². The highest BCUT2D eigenvalue weighted by molar-refractivity contribution is 5.98. The number of halogens is 6. The fourth-order valence-corrected chi connectivity index (χ4v) is 4.69. The largest absolute Gasteiger partial charge is 0.458 e. The highest BCUT2D eigenvalue weighted by atomic mass is 19.4. The molecule has 10 heteroatoms. The van der Waals surface area contributed by atoms with Gasteiger partial charge in [-0.25, -0.2) is 0 Å². The second-order valence-electron chi connectivity index (χ2n) is 8.45. The number of esters is 1. The molecule has 1 aromatic heterocycles. The Kier molecular flexibility index (Phi) is 6.67. The minimum Gasteiger partial charge on any atom is -0.458 e. The summed E-state index contributed by atoms with van der Waals surface area (Å²) in [4.78, 5) is 27.6. The highest BCUT2D eigenvalue weighted by Gasteiger charge is 2.47. The molecule has 2 aliphatic rings. The summed E-state index contributed by atoms with van der Waals surface area (Å²) in [5.41, 5.74) is -1.78. The maximum Gasteiger partial charge on any atom is 0.394 e. The first-order valence-corrected chi connectivity index (χ1v) is 10.2. The van der Waals surface area contributed by atoms with Crippen molar-refractivity contribution in [3.05, 3.63) is 29.1 Å². The summed E-state index contributed by atoms with van der Waals surface area (Å²) >= 11 is 0. The van der Waals surface area contributed by atoms with Crippen molar-refractivity contribution in [3.63, 3.8) is 0 Å². The van der Waals surface area contributed by atoms with Crippen molar-refractivity contribution < 1.29 is 40.7 Å². The number of aryl methyl sites for hydroxylation is 1. The molecule has 0 aromatic carbocycles. The number of aromatic nitrogens is 1. The van der Waals surface area contributed by atoms with Gasteiger partial charge in [0.25, 0.3) is 0 Å². The second-order valence-corrected chi connectivity index (χ2v) is 8.45. The molecule has 4 nitrogen and oxygen atoms in total. The number of nitrogens with zero attached hydrogens (tertiary/aromatic N) is 1. The Morgan fingerprint density at radius 1 is 0.968 bits per heavy atom. The van der Waals surface area contributed by atoms with Crippen LogP contribution in [0.15, 0.2) is 12.1 Å². The summed E-state index contributed by atoms with van der Waals surface area (Å²) in [6, 6.07) is 2.28. The quantitative estimate of drug-likeness (QED) is 0.345. The minimum absolute atomic E-state index is 0.0271. The number of pyridine rings is 1. The van der Waals surface area contributed by atoms with Crippen molar-refractivity contribution in [3.8, 4) is 0 Å². The van der Waals surface area contributed by atoms with E-state index in [4.69, 9.17) is 4.74 Å². The Morgan fingerprint density at radius 2 is 1.52 bits per heavy atom. The third kappa shape index (κ3) is 6.67. The molecule has 1 aliphatic heterocycles. The van der Waals surface area contributed by atoms with Crippen LogP contribution >= 0.6 is 0 Å². The number of ketones is 1. The maximum absolute atomic E-state index is 12.8. The Balaban J connectivity index is 1.86. The van der Waals surface area contributed by atoms with E-state index in [1.165, 1.54) is 0 Å². The van der Waals surface area contributed by atoms with E-state index in [1.54, 1.807) is 0 Å². The summed E-state index contributed by atoms with van der Waals surface area (Å²) in [6.07, 6.45) is -8.79. The average molecular weight is 451 g/mol. The SMILES string of the molecule is O=C1CC(=O)OC(CCc2cc(CC(F)(F)F)nc(CC(F)(F)F)c2)(C2CCCC2)C1. The van der Waals surface area contributed by atoms with Crippen LogP contribution in [0.2, 0.25) is 0 Å². The molecule has 1 unspecified atom stereocenters. The van der Waals surface area contributed by atoms with E-state index in [-0.39, 0.29) is 42.9 Å². The number of Topliss-reactive ketones (excluding diaryl/α,β-unsaturated/α-hetero) is 1. The molecule has 1 saturated carbocycles. The molecule has 1 aromatic rings. The van der Waals surface area contributed by atoms with E-state index in [0.29, 0.717) is 0 Å². The number of rotatable bonds is 6. The molecule has 2 heterocycles. The Morgan fingerprint density at radius 3 is 2.00 bits per heavy atom. The number of ether oxygens (including phenoxy) is 1. The zero-order valence-corrected chi connectivity index (χ0v) is 16.7. The number of hydrogen-bond acceptors (Lipinski definition) is 4. The van der Waals surface area contributed by atoms with Crippen molar-refractivity contribution in [1.29, 1.82) is 0 Å². The Hall–Kier alpha value is -2.13. The van der Waals surface area contributed by atoms with Gasteiger partial charge >= 0.3 is 18.3 Å². The van der Waals surface area contributed by atoms with Gasteiger partial charge in [-0.3, -0.25) is 14.6 Å². The molecule has 1 saturated heterocycles. The van der Waals surface area contributed by atoms with Crippen LogP contribution in [-0.4, -0.2) is 34.7 Å². The van der Waals surface area contributed by atoms with E-state index in [2.05, 4.69) is 4.98 Å². The van der Waals surface area contributed by atoms with E-state index < -0.39 is 48.2 Å². The van der Waals surface area contributed by atoms with E-state index in [1.807, 2.05) is 0 Å².